The van der Waals surface area contributed by atoms with Gasteiger partial charge in [0.15, 0.2) is 0 Å². The fourth-order valence-corrected chi connectivity index (χ4v) is 2.60. The lowest BCUT2D eigenvalue weighted by Gasteiger charge is -2.15. The summed E-state index contributed by atoms with van der Waals surface area (Å²) >= 11 is 7.82. The van der Waals surface area contributed by atoms with E-state index < -0.39 is 0 Å². The lowest BCUT2D eigenvalue weighted by Crippen LogP contribution is -2.10. The Morgan fingerprint density at radius 2 is 2.13 bits per heavy atom. The van der Waals surface area contributed by atoms with Gasteiger partial charge in [-0.1, -0.05) is 31.9 Å². The van der Waals surface area contributed by atoms with E-state index in [4.69, 9.17) is 17.3 Å². The summed E-state index contributed by atoms with van der Waals surface area (Å²) in [6, 6.07) is 6.12. The monoisotopic (exact) mass is 243 g/mol. The first-order chi connectivity index (χ1) is 7.19. The molecule has 0 radical (unpaired) electrons. The van der Waals surface area contributed by atoms with Crippen LogP contribution in [0.25, 0.3) is 0 Å². The van der Waals surface area contributed by atoms with Gasteiger partial charge < -0.3 is 5.73 Å². The summed E-state index contributed by atoms with van der Waals surface area (Å²) in [6.45, 7) is 4.30. The quantitative estimate of drug-likeness (QED) is 0.783. The standard InChI is InChI=1S/C12H18ClNS/c1-3-5-11(14)10-8-9(13)6-7-12(10)15-4-2/h6-8,11H,3-5,14H2,1-2H3. The van der Waals surface area contributed by atoms with E-state index in [1.54, 1.807) is 0 Å². The van der Waals surface area contributed by atoms with Crippen molar-refractivity contribution in [1.29, 1.82) is 0 Å². The summed E-state index contributed by atoms with van der Waals surface area (Å²) in [6.07, 6.45) is 2.11. The van der Waals surface area contributed by atoms with E-state index >= 15 is 0 Å². The molecule has 0 amide bonds. The number of benzene rings is 1. The number of nitrogens with two attached hydrogens (primary N) is 1. The highest BCUT2D eigenvalue weighted by Crippen LogP contribution is 2.30. The molecular formula is C12H18ClNS. The molecule has 0 spiro atoms. The molecule has 84 valence electrons. The van der Waals surface area contributed by atoms with E-state index in [1.165, 1.54) is 10.5 Å². The summed E-state index contributed by atoms with van der Waals surface area (Å²) in [5.74, 6) is 1.06. The summed E-state index contributed by atoms with van der Waals surface area (Å²) in [5.41, 5.74) is 7.32. The number of thioether (sulfide) groups is 1. The van der Waals surface area contributed by atoms with Crippen LogP contribution < -0.4 is 5.73 Å². The number of hydrogen-bond donors (Lipinski definition) is 1. The van der Waals surface area contributed by atoms with Gasteiger partial charge in [-0.05, 0) is 35.9 Å². The van der Waals surface area contributed by atoms with Crippen LogP contribution in [-0.2, 0) is 0 Å². The average molecular weight is 244 g/mol. The van der Waals surface area contributed by atoms with Crippen LogP contribution in [0.15, 0.2) is 23.1 Å². The fraction of sp³-hybridized carbons (Fsp3) is 0.500. The molecule has 0 bridgehead atoms. The van der Waals surface area contributed by atoms with Crippen molar-refractivity contribution < 1.29 is 0 Å². The molecule has 0 heterocycles. The Kier molecular flexibility index (Phi) is 5.51. The third-order valence-electron chi connectivity index (χ3n) is 2.27. The van der Waals surface area contributed by atoms with Gasteiger partial charge >= 0.3 is 0 Å². The molecule has 1 nitrogen and oxygen atoms in total. The number of halogens is 1. The topological polar surface area (TPSA) is 26.0 Å². The van der Waals surface area contributed by atoms with Gasteiger partial charge in [-0.25, -0.2) is 0 Å². The Labute approximate surface area is 101 Å². The van der Waals surface area contributed by atoms with Crippen molar-refractivity contribution in [2.24, 2.45) is 5.73 Å². The SMILES string of the molecule is CCCC(N)c1cc(Cl)ccc1SCC. The van der Waals surface area contributed by atoms with Gasteiger partial charge in [0.25, 0.3) is 0 Å². The lowest BCUT2D eigenvalue weighted by atomic mass is 10.0. The first-order valence-electron chi connectivity index (χ1n) is 5.36. The molecule has 0 saturated carbocycles. The summed E-state index contributed by atoms with van der Waals surface area (Å²) in [4.78, 5) is 1.27. The van der Waals surface area contributed by atoms with Crippen molar-refractivity contribution >= 4 is 23.4 Å². The van der Waals surface area contributed by atoms with E-state index in [1.807, 2.05) is 23.9 Å². The molecule has 15 heavy (non-hydrogen) atoms. The van der Waals surface area contributed by atoms with Crippen LogP contribution in [0.4, 0.5) is 0 Å². The Hall–Kier alpha value is -0.180. The summed E-state index contributed by atoms with van der Waals surface area (Å²) in [5, 5.41) is 0.775. The van der Waals surface area contributed by atoms with Crippen molar-refractivity contribution in [3.63, 3.8) is 0 Å². The molecule has 1 atom stereocenters. The van der Waals surface area contributed by atoms with Gasteiger partial charge in [0, 0.05) is 16.0 Å². The minimum absolute atomic E-state index is 0.114. The first kappa shape index (κ1) is 12.9. The van der Waals surface area contributed by atoms with E-state index in [9.17, 15) is 0 Å². The van der Waals surface area contributed by atoms with Gasteiger partial charge in [-0.15, -0.1) is 11.8 Å². The maximum absolute atomic E-state index is 6.13. The zero-order valence-corrected chi connectivity index (χ0v) is 10.9. The maximum Gasteiger partial charge on any atom is 0.0410 e. The molecule has 0 saturated heterocycles. The smallest absolute Gasteiger partial charge is 0.0410 e. The summed E-state index contributed by atoms with van der Waals surface area (Å²) < 4.78 is 0. The third kappa shape index (κ3) is 3.71. The van der Waals surface area contributed by atoms with Crippen molar-refractivity contribution in [2.45, 2.75) is 37.6 Å². The molecule has 0 aromatic heterocycles. The van der Waals surface area contributed by atoms with Crippen molar-refractivity contribution in [3.8, 4) is 0 Å². The zero-order chi connectivity index (χ0) is 11.3. The second-order valence-electron chi connectivity index (χ2n) is 3.51. The highest BCUT2D eigenvalue weighted by molar-refractivity contribution is 7.99. The van der Waals surface area contributed by atoms with Crippen LogP contribution in [0.5, 0.6) is 0 Å². The molecule has 1 aromatic rings. The van der Waals surface area contributed by atoms with Gasteiger partial charge in [-0.2, -0.15) is 0 Å². The predicted molar refractivity (Wildman–Crippen MR) is 69.7 cm³/mol. The van der Waals surface area contributed by atoms with Crippen LogP contribution in [0.3, 0.4) is 0 Å². The molecule has 0 aliphatic heterocycles. The van der Waals surface area contributed by atoms with Crippen molar-refractivity contribution in [2.75, 3.05) is 5.75 Å². The van der Waals surface area contributed by atoms with E-state index in [-0.39, 0.29) is 6.04 Å². The van der Waals surface area contributed by atoms with Crippen LogP contribution in [-0.4, -0.2) is 5.75 Å². The van der Waals surface area contributed by atoms with Crippen LogP contribution >= 0.6 is 23.4 Å². The molecule has 1 unspecified atom stereocenters. The van der Waals surface area contributed by atoms with Crippen LogP contribution in [0, 0.1) is 0 Å². The molecule has 0 aliphatic rings. The van der Waals surface area contributed by atoms with E-state index in [0.29, 0.717) is 0 Å². The van der Waals surface area contributed by atoms with Crippen molar-refractivity contribution in [1.82, 2.24) is 0 Å². The maximum atomic E-state index is 6.13. The Morgan fingerprint density at radius 3 is 2.73 bits per heavy atom. The molecule has 1 aromatic carbocycles. The number of rotatable bonds is 5. The minimum atomic E-state index is 0.114. The van der Waals surface area contributed by atoms with Gasteiger partial charge in [0.1, 0.15) is 0 Å². The van der Waals surface area contributed by atoms with E-state index in [0.717, 1.165) is 23.6 Å². The molecule has 1 rings (SSSR count). The molecule has 2 N–H and O–H groups in total. The highest BCUT2D eigenvalue weighted by atomic mass is 35.5. The summed E-state index contributed by atoms with van der Waals surface area (Å²) in [7, 11) is 0. The molecular weight excluding hydrogens is 226 g/mol. The molecule has 0 fully saturated rings. The molecule has 0 aliphatic carbocycles. The average Bonchev–Trinajstić information content (AvgIpc) is 2.21. The second-order valence-corrected chi connectivity index (χ2v) is 5.25. The van der Waals surface area contributed by atoms with E-state index in [2.05, 4.69) is 19.9 Å². The Balaban J connectivity index is 2.95. The first-order valence-corrected chi connectivity index (χ1v) is 6.73. The zero-order valence-electron chi connectivity index (χ0n) is 9.29. The Morgan fingerprint density at radius 1 is 1.40 bits per heavy atom. The lowest BCUT2D eigenvalue weighted by molar-refractivity contribution is 0.629. The fourth-order valence-electron chi connectivity index (χ4n) is 1.56. The minimum Gasteiger partial charge on any atom is -0.324 e. The predicted octanol–water partition coefficient (Wildman–Crippen LogP) is 4.25. The molecule has 3 heteroatoms. The van der Waals surface area contributed by atoms with Gasteiger partial charge in [-0.3, -0.25) is 0 Å². The second kappa shape index (κ2) is 6.41. The number of hydrogen-bond acceptors (Lipinski definition) is 2. The van der Waals surface area contributed by atoms with Crippen LogP contribution in [0.1, 0.15) is 38.3 Å². The largest absolute Gasteiger partial charge is 0.324 e. The van der Waals surface area contributed by atoms with Crippen LogP contribution in [0.2, 0.25) is 5.02 Å². The van der Waals surface area contributed by atoms with Gasteiger partial charge in [0.2, 0.25) is 0 Å². The Bertz CT molecular complexity index is 314. The van der Waals surface area contributed by atoms with Crippen molar-refractivity contribution in [3.05, 3.63) is 28.8 Å². The highest BCUT2D eigenvalue weighted by Gasteiger charge is 2.10. The normalized spacial score (nSPS) is 12.8. The third-order valence-corrected chi connectivity index (χ3v) is 3.48. The van der Waals surface area contributed by atoms with Gasteiger partial charge in [0.05, 0.1) is 0 Å².